The van der Waals surface area contributed by atoms with Crippen LogP contribution in [0.3, 0.4) is 0 Å². The molecule has 1 heterocycles. The molecule has 192 valence electrons. The first-order valence-electron chi connectivity index (χ1n) is 11.9. The second-order valence-electron chi connectivity index (χ2n) is 9.26. The van der Waals surface area contributed by atoms with Crippen LogP contribution in [0.1, 0.15) is 34.3 Å². The van der Waals surface area contributed by atoms with Gasteiger partial charge in [0, 0.05) is 52.4 Å². The molecule has 0 saturated carbocycles. The Morgan fingerprint density at radius 2 is 1.76 bits per heavy atom. The van der Waals surface area contributed by atoms with Gasteiger partial charge in [-0.1, -0.05) is 88.8 Å². The number of aliphatic hydroxyl groups excluding tert-OH is 1. The molecule has 4 rings (SSSR count). The zero-order valence-corrected chi connectivity index (χ0v) is 22.5. The molecule has 1 amide bonds. The van der Waals surface area contributed by atoms with Crippen LogP contribution in [0.4, 0.5) is 9.18 Å². The third kappa shape index (κ3) is 6.32. The standard InChI is InChI=1S/C29H27BrFNO4S/c30-23-11-12-26(31)25(13-23)29(15-24(37)14-27(34)21-9-5-2-6-10-21)19-32(16-22(29)17-33)28(35)36-18-20-7-3-1-4-8-20/h1-13,22,33H,14-19H2. The molecule has 0 aliphatic carbocycles. The number of hydrogen-bond donors (Lipinski definition) is 1. The number of carbonyl (C=O) groups excluding carboxylic acids is 2. The maximum absolute atomic E-state index is 15.3. The van der Waals surface area contributed by atoms with Crippen molar-refractivity contribution in [3.05, 3.63) is 106 Å². The van der Waals surface area contributed by atoms with Gasteiger partial charge in [0.05, 0.1) is 0 Å². The molecule has 1 fully saturated rings. The Kier molecular flexibility index (Phi) is 8.84. The summed E-state index contributed by atoms with van der Waals surface area (Å²) in [6, 6.07) is 22.8. The van der Waals surface area contributed by atoms with Crippen molar-refractivity contribution in [1.82, 2.24) is 4.90 Å². The number of rotatable bonds is 9. The van der Waals surface area contributed by atoms with Crippen molar-refractivity contribution in [3.8, 4) is 0 Å². The van der Waals surface area contributed by atoms with Crippen LogP contribution < -0.4 is 0 Å². The summed E-state index contributed by atoms with van der Waals surface area (Å²) < 4.78 is 21.5. The fourth-order valence-corrected chi connectivity index (χ4v) is 5.71. The van der Waals surface area contributed by atoms with Crippen LogP contribution in [0.25, 0.3) is 0 Å². The van der Waals surface area contributed by atoms with Crippen LogP contribution >= 0.6 is 28.1 Å². The van der Waals surface area contributed by atoms with Crippen LogP contribution in [0.5, 0.6) is 0 Å². The van der Waals surface area contributed by atoms with E-state index in [1.165, 1.54) is 11.0 Å². The second-order valence-corrected chi connectivity index (χ2v) is 10.8. The highest BCUT2D eigenvalue weighted by Crippen LogP contribution is 2.45. The van der Waals surface area contributed by atoms with E-state index in [4.69, 9.17) is 17.0 Å². The average Bonchev–Trinajstić information content (AvgIpc) is 3.28. The van der Waals surface area contributed by atoms with Gasteiger partial charge in [0.1, 0.15) is 12.4 Å². The minimum atomic E-state index is -1.03. The van der Waals surface area contributed by atoms with Crippen LogP contribution in [0.2, 0.25) is 0 Å². The van der Waals surface area contributed by atoms with Crippen LogP contribution in [-0.2, 0) is 16.8 Å². The summed E-state index contributed by atoms with van der Waals surface area (Å²) in [4.78, 5) is 27.8. The predicted molar refractivity (Wildman–Crippen MR) is 147 cm³/mol. The number of carbonyl (C=O) groups is 2. The van der Waals surface area contributed by atoms with Gasteiger partial charge in [-0.2, -0.15) is 0 Å². The maximum atomic E-state index is 15.3. The molecule has 1 aliphatic heterocycles. The summed E-state index contributed by atoms with van der Waals surface area (Å²) in [5, 5.41) is 10.4. The fraction of sp³-hybridized carbons (Fsp3) is 0.276. The monoisotopic (exact) mass is 583 g/mol. The Morgan fingerprint density at radius 3 is 2.43 bits per heavy atom. The van der Waals surface area contributed by atoms with Crippen LogP contribution in [0.15, 0.2) is 83.3 Å². The Labute approximate surface area is 229 Å². The number of aliphatic hydroxyl groups is 1. The number of thiocarbonyl (C=S) groups is 1. The van der Waals surface area contributed by atoms with Gasteiger partial charge >= 0.3 is 6.09 Å². The number of hydrogen-bond acceptors (Lipinski definition) is 5. The van der Waals surface area contributed by atoms with Crippen LogP contribution in [-0.4, -0.2) is 46.4 Å². The van der Waals surface area contributed by atoms with Gasteiger partial charge in [-0.3, -0.25) is 4.79 Å². The smallest absolute Gasteiger partial charge is 0.410 e. The molecule has 5 nitrogen and oxygen atoms in total. The topological polar surface area (TPSA) is 66.8 Å². The van der Waals surface area contributed by atoms with E-state index in [1.807, 2.05) is 36.4 Å². The number of nitrogens with zero attached hydrogens (tertiary/aromatic N) is 1. The average molecular weight is 585 g/mol. The van der Waals surface area contributed by atoms with Crippen molar-refractivity contribution in [3.63, 3.8) is 0 Å². The third-order valence-corrected chi connectivity index (χ3v) is 7.59. The van der Waals surface area contributed by atoms with Gasteiger partial charge in [-0.05, 0) is 35.7 Å². The van der Waals surface area contributed by atoms with Gasteiger partial charge in [-0.15, -0.1) is 0 Å². The molecule has 3 aromatic carbocycles. The van der Waals surface area contributed by atoms with Crippen molar-refractivity contribution < 1.29 is 23.8 Å². The number of benzene rings is 3. The number of amides is 1. The molecule has 37 heavy (non-hydrogen) atoms. The minimum Gasteiger partial charge on any atom is -0.445 e. The van der Waals surface area contributed by atoms with E-state index in [-0.39, 0.29) is 44.9 Å². The summed E-state index contributed by atoms with van der Waals surface area (Å²) in [6.07, 6.45) is -0.388. The van der Waals surface area contributed by atoms with E-state index < -0.39 is 23.2 Å². The highest BCUT2D eigenvalue weighted by atomic mass is 79.9. The van der Waals surface area contributed by atoms with Crippen molar-refractivity contribution in [2.24, 2.45) is 5.92 Å². The number of likely N-dealkylation sites (tertiary alicyclic amines) is 1. The predicted octanol–water partition coefficient (Wildman–Crippen LogP) is 6.12. The summed E-state index contributed by atoms with van der Waals surface area (Å²) in [5.41, 5.74) is 0.707. The molecule has 0 spiro atoms. The van der Waals surface area contributed by atoms with Gasteiger partial charge in [0.25, 0.3) is 0 Å². The number of Topliss-reactive ketones (excluding diaryl/α,β-unsaturated/α-hetero) is 1. The molecule has 1 aliphatic rings. The van der Waals surface area contributed by atoms with E-state index in [0.29, 0.717) is 20.5 Å². The Bertz CT molecular complexity index is 1270. The van der Waals surface area contributed by atoms with Crippen molar-refractivity contribution in [2.75, 3.05) is 19.7 Å². The Morgan fingerprint density at radius 1 is 1.08 bits per heavy atom. The van der Waals surface area contributed by atoms with E-state index in [0.717, 1.165) is 5.56 Å². The lowest BCUT2D eigenvalue weighted by molar-refractivity contribution is 0.0993. The van der Waals surface area contributed by atoms with Gasteiger partial charge in [-0.25, -0.2) is 9.18 Å². The number of ether oxygens (including phenoxy) is 1. The first kappa shape index (κ1) is 27.1. The quantitative estimate of drug-likeness (QED) is 0.243. The number of ketones is 1. The van der Waals surface area contributed by atoms with E-state index in [1.54, 1.807) is 36.4 Å². The summed E-state index contributed by atoms with van der Waals surface area (Å²) in [6.45, 7) is 0.0794. The van der Waals surface area contributed by atoms with Gasteiger partial charge in [0.2, 0.25) is 0 Å². The van der Waals surface area contributed by atoms with Crippen molar-refractivity contribution in [1.29, 1.82) is 0 Å². The first-order chi connectivity index (χ1) is 17.8. The van der Waals surface area contributed by atoms with E-state index in [2.05, 4.69) is 15.9 Å². The van der Waals surface area contributed by atoms with Crippen LogP contribution in [0, 0.1) is 11.7 Å². The summed E-state index contributed by atoms with van der Waals surface area (Å²) in [5.74, 6) is -1.10. The largest absolute Gasteiger partial charge is 0.445 e. The lowest BCUT2D eigenvalue weighted by atomic mass is 9.69. The molecule has 2 unspecified atom stereocenters. The first-order valence-corrected chi connectivity index (χ1v) is 13.1. The second kappa shape index (κ2) is 12.1. The normalized spacial score (nSPS) is 19.0. The summed E-state index contributed by atoms with van der Waals surface area (Å²) >= 11 is 9.08. The summed E-state index contributed by atoms with van der Waals surface area (Å²) in [7, 11) is 0. The fourth-order valence-electron chi connectivity index (χ4n) is 4.96. The van der Waals surface area contributed by atoms with Gasteiger partial charge < -0.3 is 14.7 Å². The zero-order chi connectivity index (χ0) is 26.4. The molecular weight excluding hydrogens is 557 g/mol. The van der Waals surface area contributed by atoms with E-state index >= 15 is 4.39 Å². The van der Waals surface area contributed by atoms with Crippen molar-refractivity contribution >= 4 is 44.9 Å². The molecule has 1 saturated heterocycles. The third-order valence-electron chi connectivity index (χ3n) is 6.81. The Hall–Kier alpha value is -2.94. The molecule has 8 heteroatoms. The highest BCUT2D eigenvalue weighted by molar-refractivity contribution is 9.10. The number of halogens is 2. The molecular formula is C29H27BrFNO4S. The molecule has 0 aromatic heterocycles. The Balaban J connectivity index is 1.60. The van der Waals surface area contributed by atoms with E-state index in [9.17, 15) is 14.7 Å². The molecule has 0 radical (unpaired) electrons. The minimum absolute atomic E-state index is 0.00726. The lowest BCUT2D eigenvalue weighted by Gasteiger charge is -2.35. The highest BCUT2D eigenvalue weighted by Gasteiger charge is 2.51. The molecule has 1 N–H and O–H groups in total. The SMILES string of the molecule is O=C(CC(=S)CC1(c2cc(Br)ccc2F)CN(C(=O)OCc2ccccc2)CC1CO)c1ccccc1. The lowest BCUT2D eigenvalue weighted by Crippen LogP contribution is -2.41. The van der Waals surface area contributed by atoms with Crippen molar-refractivity contribution in [2.45, 2.75) is 24.9 Å². The zero-order valence-electron chi connectivity index (χ0n) is 20.1. The maximum Gasteiger partial charge on any atom is 0.410 e. The molecule has 3 aromatic rings. The van der Waals surface area contributed by atoms with Gasteiger partial charge in [0.15, 0.2) is 5.78 Å². The molecule has 0 bridgehead atoms. The molecule has 2 atom stereocenters.